The number of carboxylic acid groups (broad SMARTS) is 1. The molecule has 0 fully saturated rings. The molecule has 12 nitrogen and oxygen atoms in total. The Balaban J connectivity index is 2.25. The number of rotatable bonds is 15. The molecule has 2 rings (SSSR count). The summed E-state index contributed by atoms with van der Waals surface area (Å²) in [5.41, 5.74) is 12.8. The highest BCUT2D eigenvalue weighted by molar-refractivity contribution is 5.96. The van der Waals surface area contributed by atoms with Crippen LogP contribution in [0.2, 0.25) is 0 Å². The molecule has 5 atom stereocenters. The van der Waals surface area contributed by atoms with Gasteiger partial charge in [-0.2, -0.15) is 0 Å². The highest BCUT2D eigenvalue weighted by Gasteiger charge is 2.33. The van der Waals surface area contributed by atoms with Crippen LogP contribution in [0.1, 0.15) is 37.8 Å². The van der Waals surface area contributed by atoms with E-state index in [0.717, 1.165) is 5.56 Å². The number of nitrogens with two attached hydrogens (primary N) is 2. The normalized spacial score (nSPS) is 14.6. The quantitative estimate of drug-likeness (QED) is 0.158. The number of hydrogen-bond acceptors (Lipinski definition) is 7. The Hall–Kier alpha value is -4.45. The van der Waals surface area contributed by atoms with E-state index < -0.39 is 66.1 Å². The molecule has 2 aromatic rings. The minimum atomic E-state index is -1.49. The van der Waals surface area contributed by atoms with Crippen LogP contribution < -0.4 is 27.4 Å². The first-order valence-electron chi connectivity index (χ1n) is 12.9. The summed E-state index contributed by atoms with van der Waals surface area (Å²) in [6.07, 6.45) is 0.0242. The zero-order chi connectivity index (χ0) is 29.8. The highest BCUT2D eigenvalue weighted by Crippen LogP contribution is 2.13. The molecule has 0 aliphatic carbocycles. The number of benzene rings is 2. The van der Waals surface area contributed by atoms with E-state index in [0.29, 0.717) is 12.0 Å². The van der Waals surface area contributed by atoms with Crippen LogP contribution in [0.3, 0.4) is 0 Å². The van der Waals surface area contributed by atoms with Crippen molar-refractivity contribution in [2.75, 3.05) is 0 Å². The summed E-state index contributed by atoms with van der Waals surface area (Å²) >= 11 is 0. The fraction of sp³-hybridized carbons (Fsp3) is 0.393. The third kappa shape index (κ3) is 10.0. The number of phenols is 1. The Kier molecular flexibility index (Phi) is 12.1. The van der Waals surface area contributed by atoms with Crippen LogP contribution in [0.25, 0.3) is 0 Å². The Bertz CT molecular complexity index is 1170. The van der Waals surface area contributed by atoms with E-state index in [4.69, 9.17) is 11.5 Å². The molecule has 9 N–H and O–H groups in total. The highest BCUT2D eigenvalue weighted by atomic mass is 16.4. The predicted octanol–water partition coefficient (Wildman–Crippen LogP) is -0.0348. The predicted molar refractivity (Wildman–Crippen MR) is 147 cm³/mol. The maximum absolute atomic E-state index is 13.4. The summed E-state index contributed by atoms with van der Waals surface area (Å²) in [6.45, 7) is 3.40. The molecule has 0 saturated carbocycles. The van der Waals surface area contributed by atoms with Gasteiger partial charge in [0.15, 0.2) is 0 Å². The largest absolute Gasteiger partial charge is 0.508 e. The fourth-order valence-corrected chi connectivity index (χ4v) is 3.94. The Morgan fingerprint density at radius 2 is 1.35 bits per heavy atom. The summed E-state index contributed by atoms with van der Waals surface area (Å²) in [4.78, 5) is 62.7. The maximum atomic E-state index is 13.4. The van der Waals surface area contributed by atoms with Crippen molar-refractivity contribution < 1.29 is 34.2 Å². The van der Waals surface area contributed by atoms with Gasteiger partial charge in [-0.15, -0.1) is 0 Å². The third-order valence-corrected chi connectivity index (χ3v) is 6.46. The summed E-state index contributed by atoms with van der Waals surface area (Å²) in [5, 5.41) is 26.5. The topological polar surface area (TPSA) is 214 Å². The lowest BCUT2D eigenvalue weighted by atomic mass is 9.98. The third-order valence-electron chi connectivity index (χ3n) is 6.46. The molecule has 40 heavy (non-hydrogen) atoms. The number of aliphatic carboxylic acids is 1. The lowest BCUT2D eigenvalue weighted by molar-refractivity contribution is -0.144. The Morgan fingerprint density at radius 3 is 1.90 bits per heavy atom. The summed E-state index contributed by atoms with van der Waals surface area (Å²) in [6, 6.07) is 10.0. The Morgan fingerprint density at radius 1 is 0.800 bits per heavy atom. The molecule has 0 heterocycles. The minimum absolute atomic E-state index is 0.00570. The van der Waals surface area contributed by atoms with Gasteiger partial charge in [0.2, 0.25) is 23.6 Å². The van der Waals surface area contributed by atoms with Gasteiger partial charge in [0.05, 0.1) is 12.5 Å². The molecule has 12 heteroatoms. The second kappa shape index (κ2) is 15.2. The number of carboxylic acids is 1. The first kappa shape index (κ1) is 31.8. The maximum Gasteiger partial charge on any atom is 0.326 e. The van der Waals surface area contributed by atoms with Crippen LogP contribution in [0.5, 0.6) is 5.75 Å². The summed E-state index contributed by atoms with van der Waals surface area (Å²) in [5.74, 6) is -4.94. The Labute approximate surface area is 232 Å². The van der Waals surface area contributed by atoms with Crippen molar-refractivity contribution in [2.24, 2.45) is 17.4 Å². The van der Waals surface area contributed by atoms with Crippen LogP contribution in [0.4, 0.5) is 0 Å². The average molecular weight is 556 g/mol. The first-order valence-corrected chi connectivity index (χ1v) is 12.9. The van der Waals surface area contributed by atoms with Crippen LogP contribution >= 0.6 is 0 Å². The standard InChI is InChI=1S/C28H37N5O7/c1-3-16(2)24(28(39)40)33-27(38)22(15-23(30)35)32-26(37)21(14-18-9-11-19(34)12-10-18)31-25(36)20(29)13-17-7-5-4-6-8-17/h4-12,16,20-22,24,34H,3,13-15,29H2,1-2H3,(H2,30,35)(H,31,36)(H,32,37)(H,33,38)(H,39,40). The van der Waals surface area contributed by atoms with E-state index >= 15 is 0 Å². The smallest absolute Gasteiger partial charge is 0.326 e. The SMILES string of the molecule is CCC(C)C(NC(=O)C(CC(N)=O)NC(=O)C(Cc1ccc(O)cc1)NC(=O)C(N)Cc1ccccc1)C(=O)O. The van der Waals surface area contributed by atoms with Gasteiger partial charge >= 0.3 is 5.97 Å². The molecule has 0 aromatic heterocycles. The van der Waals surface area contributed by atoms with Crippen molar-refractivity contribution in [1.82, 2.24) is 16.0 Å². The van der Waals surface area contributed by atoms with Crippen LogP contribution in [-0.2, 0) is 36.8 Å². The number of aromatic hydroxyl groups is 1. The number of phenolic OH excluding ortho intramolecular Hbond substituents is 1. The molecule has 4 amide bonds. The lowest BCUT2D eigenvalue weighted by Crippen LogP contribution is -2.59. The molecule has 0 bridgehead atoms. The summed E-state index contributed by atoms with van der Waals surface area (Å²) in [7, 11) is 0. The van der Waals surface area contributed by atoms with Gasteiger partial charge < -0.3 is 37.6 Å². The molecule has 0 radical (unpaired) electrons. The minimum Gasteiger partial charge on any atom is -0.508 e. The molecule has 5 unspecified atom stereocenters. The van der Waals surface area contributed by atoms with E-state index in [-0.39, 0.29) is 18.6 Å². The number of primary amides is 1. The number of carbonyl (C=O) groups excluding carboxylic acids is 4. The zero-order valence-corrected chi connectivity index (χ0v) is 22.5. The van der Waals surface area contributed by atoms with Crippen molar-refractivity contribution in [1.29, 1.82) is 0 Å². The van der Waals surface area contributed by atoms with Crippen LogP contribution in [0.15, 0.2) is 54.6 Å². The molecule has 2 aromatic carbocycles. The van der Waals surface area contributed by atoms with E-state index in [1.807, 2.05) is 18.2 Å². The van der Waals surface area contributed by atoms with Gasteiger partial charge in [-0.05, 0) is 35.6 Å². The van der Waals surface area contributed by atoms with Crippen LogP contribution in [-0.4, -0.2) is 64.0 Å². The van der Waals surface area contributed by atoms with E-state index in [9.17, 15) is 34.2 Å². The molecule has 0 aliphatic heterocycles. The van der Waals surface area contributed by atoms with Gasteiger partial charge in [-0.3, -0.25) is 19.2 Å². The van der Waals surface area contributed by atoms with Gasteiger partial charge in [0, 0.05) is 6.42 Å². The molecular formula is C28H37N5O7. The lowest BCUT2D eigenvalue weighted by Gasteiger charge is -2.26. The number of nitrogens with one attached hydrogen (secondary N) is 3. The number of amides is 4. The van der Waals surface area contributed by atoms with Crippen molar-refractivity contribution in [2.45, 2.75) is 63.7 Å². The van der Waals surface area contributed by atoms with Crippen molar-refractivity contribution >= 4 is 29.6 Å². The zero-order valence-electron chi connectivity index (χ0n) is 22.5. The van der Waals surface area contributed by atoms with E-state index in [1.54, 1.807) is 38.1 Å². The van der Waals surface area contributed by atoms with Gasteiger partial charge in [-0.1, -0.05) is 62.7 Å². The van der Waals surface area contributed by atoms with Gasteiger partial charge in [-0.25, -0.2) is 4.79 Å². The van der Waals surface area contributed by atoms with Crippen molar-refractivity contribution in [3.8, 4) is 5.75 Å². The molecule has 0 saturated heterocycles. The van der Waals surface area contributed by atoms with E-state index in [2.05, 4.69) is 16.0 Å². The van der Waals surface area contributed by atoms with Gasteiger partial charge in [0.1, 0.15) is 23.9 Å². The summed E-state index contributed by atoms with van der Waals surface area (Å²) < 4.78 is 0. The molecule has 216 valence electrons. The molecule has 0 spiro atoms. The number of hydrogen-bond donors (Lipinski definition) is 7. The van der Waals surface area contributed by atoms with Crippen LogP contribution in [0, 0.1) is 5.92 Å². The van der Waals surface area contributed by atoms with Crippen molar-refractivity contribution in [3.05, 3.63) is 65.7 Å². The van der Waals surface area contributed by atoms with Crippen molar-refractivity contribution in [3.63, 3.8) is 0 Å². The van der Waals surface area contributed by atoms with Gasteiger partial charge in [0.25, 0.3) is 0 Å². The first-order chi connectivity index (χ1) is 18.9. The second-order valence-corrected chi connectivity index (χ2v) is 9.67. The average Bonchev–Trinajstić information content (AvgIpc) is 2.91. The molecular weight excluding hydrogens is 518 g/mol. The van der Waals surface area contributed by atoms with E-state index in [1.165, 1.54) is 12.1 Å². The second-order valence-electron chi connectivity index (χ2n) is 9.67. The molecule has 0 aliphatic rings. The monoisotopic (exact) mass is 555 g/mol. The fourth-order valence-electron chi connectivity index (χ4n) is 3.94. The number of carbonyl (C=O) groups is 5.